The summed E-state index contributed by atoms with van der Waals surface area (Å²) in [6.07, 6.45) is -0.857. The monoisotopic (exact) mass is 428 g/mol. The van der Waals surface area contributed by atoms with Crippen molar-refractivity contribution in [2.75, 3.05) is 26.2 Å². The molecular formula is C19H19F3N2O4S. The summed E-state index contributed by atoms with van der Waals surface area (Å²) in [5, 5.41) is 0. The van der Waals surface area contributed by atoms with Gasteiger partial charge in [-0.2, -0.15) is 4.31 Å². The Labute approximate surface area is 166 Å². The predicted molar refractivity (Wildman–Crippen MR) is 98.2 cm³/mol. The molecule has 156 valence electrons. The van der Waals surface area contributed by atoms with Gasteiger partial charge in [0.15, 0.2) is 6.10 Å². The number of hydrogen-bond donors (Lipinski definition) is 0. The average Bonchev–Trinajstić information content (AvgIpc) is 2.71. The van der Waals surface area contributed by atoms with Gasteiger partial charge in [-0.05, 0) is 49.4 Å². The van der Waals surface area contributed by atoms with Gasteiger partial charge in [-0.15, -0.1) is 0 Å². The normalized spacial score (nSPS) is 16.5. The highest BCUT2D eigenvalue weighted by Crippen LogP contribution is 2.22. The lowest BCUT2D eigenvalue weighted by Gasteiger charge is -2.35. The van der Waals surface area contributed by atoms with Gasteiger partial charge in [0.1, 0.15) is 28.1 Å². The van der Waals surface area contributed by atoms with E-state index in [4.69, 9.17) is 4.74 Å². The molecule has 0 radical (unpaired) electrons. The van der Waals surface area contributed by atoms with Gasteiger partial charge in [0.25, 0.3) is 5.91 Å². The van der Waals surface area contributed by atoms with Crippen LogP contribution in [-0.4, -0.2) is 55.8 Å². The average molecular weight is 428 g/mol. The van der Waals surface area contributed by atoms with E-state index < -0.39 is 38.5 Å². The molecule has 0 N–H and O–H groups in total. The number of hydrogen-bond acceptors (Lipinski definition) is 4. The Morgan fingerprint density at radius 2 is 1.55 bits per heavy atom. The van der Waals surface area contributed by atoms with Crippen molar-refractivity contribution in [2.45, 2.75) is 17.9 Å². The zero-order valence-corrected chi connectivity index (χ0v) is 16.3. The largest absolute Gasteiger partial charge is 0.481 e. The molecule has 1 aliphatic heterocycles. The number of ether oxygens (including phenoxy) is 1. The zero-order chi connectivity index (χ0) is 21.2. The molecule has 0 spiro atoms. The summed E-state index contributed by atoms with van der Waals surface area (Å²) in [6, 6.07) is 7.46. The number of nitrogens with zero attached hydrogens (tertiary/aromatic N) is 2. The van der Waals surface area contributed by atoms with Gasteiger partial charge in [-0.1, -0.05) is 0 Å². The third kappa shape index (κ3) is 4.70. The highest BCUT2D eigenvalue weighted by Gasteiger charge is 2.33. The first kappa shape index (κ1) is 21.1. The van der Waals surface area contributed by atoms with Crippen LogP contribution in [0.2, 0.25) is 0 Å². The minimum absolute atomic E-state index is 0.0622. The molecule has 0 bridgehead atoms. The molecule has 0 aromatic heterocycles. The Hall–Kier alpha value is -2.59. The van der Waals surface area contributed by atoms with Gasteiger partial charge in [0, 0.05) is 26.2 Å². The summed E-state index contributed by atoms with van der Waals surface area (Å²) < 4.78 is 71.9. The molecule has 6 nitrogen and oxygen atoms in total. The van der Waals surface area contributed by atoms with E-state index in [0.717, 1.165) is 16.4 Å². The van der Waals surface area contributed by atoms with E-state index in [1.807, 2.05) is 0 Å². The maximum absolute atomic E-state index is 13.9. The molecule has 1 saturated heterocycles. The minimum atomic E-state index is -4.22. The molecule has 2 aromatic carbocycles. The lowest BCUT2D eigenvalue weighted by Crippen LogP contribution is -2.53. The molecule has 2 aromatic rings. The number of halogens is 3. The van der Waals surface area contributed by atoms with Crippen molar-refractivity contribution in [3.63, 3.8) is 0 Å². The highest BCUT2D eigenvalue weighted by molar-refractivity contribution is 7.89. The van der Waals surface area contributed by atoms with E-state index >= 15 is 0 Å². The second kappa shape index (κ2) is 8.42. The number of amides is 1. The van der Waals surface area contributed by atoms with Crippen LogP contribution in [0.5, 0.6) is 5.75 Å². The van der Waals surface area contributed by atoms with Crippen molar-refractivity contribution in [2.24, 2.45) is 0 Å². The summed E-state index contributed by atoms with van der Waals surface area (Å²) in [4.78, 5) is 13.2. The van der Waals surface area contributed by atoms with Crippen LogP contribution >= 0.6 is 0 Å². The van der Waals surface area contributed by atoms with Gasteiger partial charge < -0.3 is 9.64 Å². The van der Waals surface area contributed by atoms with Crippen LogP contribution in [0, 0.1) is 17.5 Å². The predicted octanol–water partition coefficient (Wildman–Crippen LogP) is 2.40. The third-order valence-corrected chi connectivity index (χ3v) is 6.45. The Morgan fingerprint density at radius 3 is 2.17 bits per heavy atom. The first-order chi connectivity index (χ1) is 13.7. The topological polar surface area (TPSA) is 66.9 Å². The van der Waals surface area contributed by atoms with Crippen molar-refractivity contribution in [3.8, 4) is 5.75 Å². The molecule has 0 saturated carbocycles. The fourth-order valence-corrected chi connectivity index (χ4v) is 4.49. The SMILES string of the molecule is CC(Oc1ccc(F)cc1)C(=O)N1CCN(S(=O)(=O)c2cc(F)ccc2F)CC1. The van der Waals surface area contributed by atoms with Crippen LogP contribution in [0.1, 0.15) is 6.92 Å². The fourth-order valence-electron chi connectivity index (χ4n) is 2.99. The Kier molecular flexibility index (Phi) is 6.13. The Balaban J connectivity index is 1.62. The first-order valence-corrected chi connectivity index (χ1v) is 10.3. The molecule has 3 rings (SSSR count). The molecule has 29 heavy (non-hydrogen) atoms. The summed E-state index contributed by atoms with van der Waals surface area (Å²) in [5.74, 6) is -2.35. The minimum Gasteiger partial charge on any atom is -0.481 e. The quantitative estimate of drug-likeness (QED) is 0.734. The molecule has 1 fully saturated rings. The van der Waals surface area contributed by atoms with Crippen molar-refractivity contribution in [1.29, 1.82) is 0 Å². The van der Waals surface area contributed by atoms with E-state index in [0.29, 0.717) is 11.8 Å². The number of benzene rings is 2. The molecule has 1 amide bonds. The molecule has 0 aliphatic carbocycles. The van der Waals surface area contributed by atoms with Gasteiger partial charge in [-0.3, -0.25) is 4.79 Å². The molecule has 1 atom stereocenters. The molecule has 1 unspecified atom stereocenters. The van der Waals surface area contributed by atoms with Crippen LogP contribution in [0.25, 0.3) is 0 Å². The van der Waals surface area contributed by atoms with Crippen molar-refractivity contribution in [3.05, 3.63) is 59.9 Å². The van der Waals surface area contributed by atoms with E-state index in [-0.39, 0.29) is 32.1 Å². The van der Waals surface area contributed by atoms with Crippen LogP contribution in [0.4, 0.5) is 13.2 Å². The smallest absolute Gasteiger partial charge is 0.263 e. The highest BCUT2D eigenvalue weighted by atomic mass is 32.2. The standard InChI is InChI=1S/C19H19F3N2O4S/c1-13(28-16-5-2-14(20)3-6-16)19(25)23-8-10-24(11-9-23)29(26,27)18-12-15(21)4-7-17(18)22/h2-7,12-13H,8-11H2,1H3. The molecular weight excluding hydrogens is 409 g/mol. The Bertz CT molecular complexity index is 991. The van der Waals surface area contributed by atoms with Gasteiger partial charge in [-0.25, -0.2) is 21.6 Å². The molecule has 1 aliphatic rings. The van der Waals surface area contributed by atoms with E-state index in [1.165, 1.54) is 36.1 Å². The lowest BCUT2D eigenvalue weighted by atomic mass is 10.2. The third-order valence-electron chi connectivity index (χ3n) is 4.54. The molecule has 10 heteroatoms. The Morgan fingerprint density at radius 1 is 0.966 bits per heavy atom. The first-order valence-electron chi connectivity index (χ1n) is 8.84. The van der Waals surface area contributed by atoms with Gasteiger partial charge in [0.05, 0.1) is 0 Å². The maximum Gasteiger partial charge on any atom is 0.263 e. The van der Waals surface area contributed by atoms with Gasteiger partial charge >= 0.3 is 0 Å². The second-order valence-corrected chi connectivity index (χ2v) is 8.42. The second-order valence-electron chi connectivity index (χ2n) is 6.52. The summed E-state index contributed by atoms with van der Waals surface area (Å²) in [5.41, 5.74) is 0. The van der Waals surface area contributed by atoms with E-state index in [1.54, 1.807) is 0 Å². The number of carbonyl (C=O) groups excluding carboxylic acids is 1. The summed E-state index contributed by atoms with van der Waals surface area (Å²) in [6.45, 7) is 1.57. The van der Waals surface area contributed by atoms with Crippen LogP contribution in [0.3, 0.4) is 0 Å². The summed E-state index contributed by atoms with van der Waals surface area (Å²) in [7, 11) is -4.22. The maximum atomic E-state index is 13.9. The number of piperazine rings is 1. The van der Waals surface area contributed by atoms with E-state index in [2.05, 4.69) is 0 Å². The van der Waals surface area contributed by atoms with E-state index in [9.17, 15) is 26.4 Å². The number of rotatable bonds is 5. The van der Waals surface area contributed by atoms with Crippen molar-refractivity contribution < 1.29 is 31.1 Å². The van der Waals surface area contributed by atoms with Crippen molar-refractivity contribution >= 4 is 15.9 Å². The number of carbonyl (C=O) groups is 1. The zero-order valence-electron chi connectivity index (χ0n) is 15.5. The summed E-state index contributed by atoms with van der Waals surface area (Å²) >= 11 is 0. The van der Waals surface area contributed by atoms with Crippen molar-refractivity contribution in [1.82, 2.24) is 9.21 Å². The fraction of sp³-hybridized carbons (Fsp3) is 0.316. The lowest BCUT2D eigenvalue weighted by molar-refractivity contribution is -0.139. The van der Waals surface area contributed by atoms with Gasteiger partial charge in [0.2, 0.25) is 10.0 Å². The molecule has 1 heterocycles. The van der Waals surface area contributed by atoms with Crippen LogP contribution in [0.15, 0.2) is 47.4 Å². The van der Waals surface area contributed by atoms with Crippen LogP contribution in [-0.2, 0) is 14.8 Å². The number of sulfonamides is 1. The van der Waals surface area contributed by atoms with Crippen LogP contribution < -0.4 is 4.74 Å².